The van der Waals surface area contributed by atoms with Gasteiger partial charge in [0.05, 0.1) is 27.8 Å². The lowest BCUT2D eigenvalue weighted by atomic mass is 10.3. The Morgan fingerprint density at radius 2 is 2.12 bits per heavy atom. The van der Waals surface area contributed by atoms with Gasteiger partial charge in [-0.25, -0.2) is 5.43 Å². The topological polar surface area (TPSA) is 127 Å². The number of amides is 1. The fourth-order valence-electron chi connectivity index (χ4n) is 2.57. The number of aromatic nitrogens is 3. The molecule has 1 atom stereocenters. The van der Waals surface area contributed by atoms with Gasteiger partial charge in [0.2, 0.25) is 0 Å². The van der Waals surface area contributed by atoms with E-state index in [2.05, 4.69) is 32.6 Å². The van der Waals surface area contributed by atoms with E-state index in [0.29, 0.717) is 34.0 Å². The Bertz CT molecular complexity index is 1160. The Kier molecular flexibility index (Phi) is 8.58. The third kappa shape index (κ3) is 6.88. The number of hydrogen-bond donors (Lipinski definition) is 2. The molecule has 10 nitrogen and oxygen atoms in total. The van der Waals surface area contributed by atoms with Crippen molar-refractivity contribution in [2.45, 2.75) is 30.4 Å². The molecule has 0 bridgehead atoms. The summed E-state index contributed by atoms with van der Waals surface area (Å²) in [6.07, 6.45) is 3.10. The monoisotopic (exact) mass is 505 g/mol. The number of thioether (sulfide) groups is 1. The van der Waals surface area contributed by atoms with Crippen molar-refractivity contribution in [2.75, 3.05) is 5.32 Å². The highest BCUT2D eigenvalue weighted by atomic mass is 35.5. The number of nitro groups is 1. The van der Waals surface area contributed by atoms with Crippen LogP contribution in [0.1, 0.15) is 17.6 Å². The van der Waals surface area contributed by atoms with E-state index in [9.17, 15) is 14.9 Å². The summed E-state index contributed by atoms with van der Waals surface area (Å²) in [4.78, 5) is 23.2. The van der Waals surface area contributed by atoms with Gasteiger partial charge in [-0.05, 0) is 37.3 Å². The van der Waals surface area contributed by atoms with Crippen molar-refractivity contribution in [3.8, 4) is 0 Å². The molecule has 172 valence electrons. The molecule has 0 aliphatic rings. The number of halogens is 1. The van der Waals surface area contributed by atoms with Crippen LogP contribution in [0, 0.1) is 10.1 Å². The summed E-state index contributed by atoms with van der Waals surface area (Å²) in [5, 5.41) is 27.1. The molecule has 2 heterocycles. The molecule has 1 amide bonds. The highest BCUT2D eigenvalue weighted by Crippen LogP contribution is 2.24. The molecule has 2 N–H and O–H groups in total. The molecule has 0 aliphatic carbocycles. The van der Waals surface area contributed by atoms with Gasteiger partial charge in [-0.2, -0.15) is 5.10 Å². The van der Waals surface area contributed by atoms with Crippen LogP contribution in [0.4, 0.5) is 10.7 Å². The van der Waals surface area contributed by atoms with Gasteiger partial charge in [-0.1, -0.05) is 40.8 Å². The summed E-state index contributed by atoms with van der Waals surface area (Å²) in [5.41, 5.74) is 3.34. The highest BCUT2D eigenvalue weighted by Gasteiger charge is 2.19. The zero-order valence-electron chi connectivity index (χ0n) is 17.5. The third-order valence-corrected chi connectivity index (χ3v) is 6.51. The Morgan fingerprint density at radius 3 is 2.79 bits per heavy atom. The van der Waals surface area contributed by atoms with Crippen LogP contribution in [0.5, 0.6) is 0 Å². The summed E-state index contributed by atoms with van der Waals surface area (Å²) in [7, 11) is 0. The van der Waals surface area contributed by atoms with E-state index in [0.717, 1.165) is 17.0 Å². The van der Waals surface area contributed by atoms with Gasteiger partial charge in [0.15, 0.2) is 11.0 Å². The van der Waals surface area contributed by atoms with Gasteiger partial charge < -0.3 is 9.88 Å². The zero-order valence-corrected chi connectivity index (χ0v) is 19.9. The van der Waals surface area contributed by atoms with Crippen molar-refractivity contribution in [1.82, 2.24) is 20.2 Å². The molecule has 0 saturated carbocycles. The van der Waals surface area contributed by atoms with Crippen molar-refractivity contribution in [2.24, 2.45) is 5.10 Å². The Balaban J connectivity index is 1.59. The van der Waals surface area contributed by atoms with Crippen LogP contribution < -0.4 is 10.7 Å². The fourth-order valence-corrected chi connectivity index (χ4v) is 4.26. The van der Waals surface area contributed by atoms with E-state index in [-0.39, 0.29) is 10.9 Å². The second-order valence-electron chi connectivity index (χ2n) is 6.59. The lowest BCUT2D eigenvalue weighted by Gasteiger charge is -2.12. The van der Waals surface area contributed by atoms with Gasteiger partial charge in [0, 0.05) is 23.3 Å². The predicted molar refractivity (Wildman–Crippen MR) is 131 cm³/mol. The van der Waals surface area contributed by atoms with Crippen LogP contribution in [-0.2, 0) is 17.9 Å². The van der Waals surface area contributed by atoms with Gasteiger partial charge >= 0.3 is 5.00 Å². The summed E-state index contributed by atoms with van der Waals surface area (Å²) in [6.45, 7) is 6.42. The van der Waals surface area contributed by atoms with Crippen LogP contribution in [0.25, 0.3) is 0 Å². The van der Waals surface area contributed by atoms with E-state index < -0.39 is 10.2 Å². The minimum absolute atomic E-state index is 0.00890. The van der Waals surface area contributed by atoms with Crippen molar-refractivity contribution in [3.05, 3.63) is 74.9 Å². The first-order valence-electron chi connectivity index (χ1n) is 9.63. The number of thiophene rings is 1. The molecule has 3 aromatic rings. The molecule has 0 aliphatic heterocycles. The molecule has 3 rings (SSSR count). The van der Waals surface area contributed by atoms with Gasteiger partial charge in [-0.3, -0.25) is 14.9 Å². The zero-order chi connectivity index (χ0) is 23.8. The van der Waals surface area contributed by atoms with E-state index in [1.807, 2.05) is 16.7 Å². The molecule has 1 aromatic carbocycles. The molecule has 0 radical (unpaired) electrons. The molecule has 33 heavy (non-hydrogen) atoms. The number of nitrogens with one attached hydrogen (secondary N) is 2. The van der Waals surface area contributed by atoms with E-state index in [1.165, 1.54) is 24.0 Å². The van der Waals surface area contributed by atoms with Crippen LogP contribution in [0.15, 0.2) is 59.3 Å². The number of anilines is 1. The van der Waals surface area contributed by atoms with Gasteiger partial charge in [-0.15, -0.1) is 16.8 Å². The third-order valence-electron chi connectivity index (χ3n) is 4.21. The summed E-state index contributed by atoms with van der Waals surface area (Å²) in [6, 6.07) is 10.3. The summed E-state index contributed by atoms with van der Waals surface area (Å²) < 4.78 is 1.87. The maximum Gasteiger partial charge on any atom is 0.324 e. The molecule has 0 fully saturated rings. The Hall–Kier alpha value is -3.22. The number of benzene rings is 1. The molecule has 0 spiro atoms. The normalized spacial score (nSPS) is 11.9. The second kappa shape index (κ2) is 11.6. The van der Waals surface area contributed by atoms with E-state index >= 15 is 0 Å². The maximum absolute atomic E-state index is 12.4. The first kappa shape index (κ1) is 24.4. The fraction of sp³-hybridized carbons (Fsp3) is 0.200. The average Bonchev–Trinajstić information content (AvgIpc) is 3.41. The summed E-state index contributed by atoms with van der Waals surface area (Å²) in [5.74, 6) is 0.355. The number of carbonyl (C=O) groups excluding carboxylic acids is 1. The number of allylic oxidation sites excluding steroid dienone is 1. The minimum Gasteiger partial charge on any atom is -0.378 e. The number of hydrogen-bond acceptors (Lipinski definition) is 9. The maximum atomic E-state index is 12.4. The molecular formula is C20H20ClN7O3S2. The van der Waals surface area contributed by atoms with Crippen molar-refractivity contribution in [3.63, 3.8) is 0 Å². The molecular weight excluding hydrogens is 486 g/mol. The number of hydrazone groups is 1. The molecule has 0 unspecified atom stereocenters. The largest absolute Gasteiger partial charge is 0.378 e. The number of rotatable bonds is 11. The minimum atomic E-state index is -0.510. The number of nitrogens with zero attached hydrogens (tertiary/aromatic N) is 5. The van der Waals surface area contributed by atoms with E-state index in [1.54, 1.807) is 31.2 Å². The standard InChI is InChI=1S/C20H20ClN7O3S2/c1-3-10-27-17(12-22-15-6-4-14(21)5-7-15)24-26-20(27)32-13(2)19(29)25-23-11-16-8-9-18(33-16)28(30)31/h3-9,11,13,22H,1,10,12H2,2H3,(H,25,29)/b23-11-/t13-/m1/s1. The van der Waals surface area contributed by atoms with Crippen LogP contribution >= 0.6 is 34.7 Å². The van der Waals surface area contributed by atoms with Crippen molar-refractivity contribution in [1.29, 1.82) is 0 Å². The highest BCUT2D eigenvalue weighted by molar-refractivity contribution is 8.00. The average molecular weight is 506 g/mol. The second-order valence-corrected chi connectivity index (χ2v) is 9.42. The van der Waals surface area contributed by atoms with E-state index in [4.69, 9.17) is 11.6 Å². The van der Waals surface area contributed by atoms with Gasteiger partial charge in [0.1, 0.15) is 0 Å². The Labute approximate surface area is 202 Å². The molecule has 13 heteroatoms. The lowest BCUT2D eigenvalue weighted by molar-refractivity contribution is -0.380. The SMILES string of the molecule is C=CCn1c(CNc2ccc(Cl)cc2)nnc1S[C@H](C)C(=O)N/N=C\c1ccc([N+](=O)[O-])s1. The summed E-state index contributed by atoms with van der Waals surface area (Å²) >= 11 is 8.12. The van der Waals surface area contributed by atoms with Crippen molar-refractivity contribution < 1.29 is 9.72 Å². The lowest BCUT2D eigenvalue weighted by Crippen LogP contribution is -2.27. The van der Waals surface area contributed by atoms with Crippen LogP contribution in [-0.4, -0.2) is 37.1 Å². The number of carbonyl (C=O) groups is 1. The van der Waals surface area contributed by atoms with Gasteiger partial charge in [0.25, 0.3) is 5.91 Å². The smallest absolute Gasteiger partial charge is 0.324 e. The predicted octanol–water partition coefficient (Wildman–Crippen LogP) is 4.33. The van der Waals surface area contributed by atoms with Crippen molar-refractivity contribution >= 4 is 57.5 Å². The quantitative estimate of drug-likeness (QED) is 0.130. The molecule has 2 aromatic heterocycles. The first-order valence-corrected chi connectivity index (χ1v) is 11.7. The van der Waals surface area contributed by atoms with Crippen LogP contribution in [0.3, 0.4) is 0 Å². The van der Waals surface area contributed by atoms with Crippen LogP contribution in [0.2, 0.25) is 5.02 Å². The first-order chi connectivity index (χ1) is 15.9. The molecule has 0 saturated heterocycles. The Morgan fingerprint density at radius 1 is 1.36 bits per heavy atom.